The number of aromatic amines is 1. The zero-order valence-electron chi connectivity index (χ0n) is 14.2. The number of aliphatic hydroxyl groups is 1. The molecule has 0 spiro atoms. The minimum Gasteiger partial charge on any atom is -0.389 e. The molecular weight excluding hydrogens is 340 g/mol. The van der Waals surface area contributed by atoms with E-state index < -0.39 is 15.6 Å². The van der Waals surface area contributed by atoms with Crippen molar-refractivity contribution in [3.63, 3.8) is 0 Å². The van der Waals surface area contributed by atoms with E-state index >= 15 is 0 Å². The lowest BCUT2D eigenvalue weighted by atomic mass is 10.1. The molecule has 3 aromatic heterocycles. The molecule has 3 rings (SSSR count). The van der Waals surface area contributed by atoms with Crippen molar-refractivity contribution in [2.45, 2.75) is 31.3 Å². The topological polar surface area (TPSA) is 108 Å². The van der Waals surface area contributed by atoms with Crippen LogP contribution in [0.25, 0.3) is 22.3 Å². The molecule has 7 nitrogen and oxygen atoms in total. The van der Waals surface area contributed by atoms with Crippen LogP contribution in [0.5, 0.6) is 0 Å². The Morgan fingerprint density at radius 2 is 2.00 bits per heavy atom. The van der Waals surface area contributed by atoms with Crippen LogP contribution in [0, 0.1) is 6.92 Å². The Bertz CT molecular complexity index is 1000. The molecule has 0 aliphatic carbocycles. The summed E-state index contributed by atoms with van der Waals surface area (Å²) in [5.41, 5.74) is 2.16. The van der Waals surface area contributed by atoms with Crippen molar-refractivity contribution >= 4 is 21.1 Å². The molecule has 0 atom stereocenters. The fraction of sp³-hybridized carbons (Fsp3) is 0.294. The van der Waals surface area contributed by atoms with Gasteiger partial charge in [0.25, 0.3) is 0 Å². The van der Waals surface area contributed by atoms with Gasteiger partial charge in [-0.25, -0.2) is 18.1 Å². The molecule has 3 aromatic rings. The van der Waals surface area contributed by atoms with Gasteiger partial charge in [-0.2, -0.15) is 0 Å². The van der Waals surface area contributed by atoms with Crippen LogP contribution in [-0.2, 0) is 10.0 Å². The van der Waals surface area contributed by atoms with Crippen LogP contribution in [0.1, 0.15) is 19.5 Å². The minimum absolute atomic E-state index is 0.0519. The molecule has 0 unspecified atom stereocenters. The highest BCUT2D eigenvalue weighted by molar-refractivity contribution is 7.89. The number of aromatic nitrogens is 3. The Hall–Kier alpha value is -2.29. The number of nitrogens with zero attached hydrogens (tertiary/aromatic N) is 2. The van der Waals surface area contributed by atoms with Crippen LogP contribution in [0.4, 0.5) is 0 Å². The van der Waals surface area contributed by atoms with Gasteiger partial charge in [0.1, 0.15) is 10.5 Å². The van der Waals surface area contributed by atoms with Gasteiger partial charge in [0, 0.05) is 35.6 Å². The second-order valence-electron chi connectivity index (χ2n) is 6.59. The third-order valence-corrected chi connectivity index (χ3v) is 5.07. The SMILES string of the molecule is Cc1cc2c(-c3ccc(S(=O)(=O)NCC(C)(C)O)cn3)ccnc2[nH]1. The van der Waals surface area contributed by atoms with E-state index in [1.54, 1.807) is 12.3 Å². The van der Waals surface area contributed by atoms with E-state index in [0.717, 1.165) is 22.3 Å². The van der Waals surface area contributed by atoms with Crippen LogP contribution in [-0.4, -0.2) is 40.6 Å². The summed E-state index contributed by atoms with van der Waals surface area (Å²) in [5.74, 6) is 0. The molecule has 0 amide bonds. The maximum atomic E-state index is 12.3. The predicted molar refractivity (Wildman–Crippen MR) is 95.5 cm³/mol. The Kier molecular flexibility index (Phi) is 4.36. The van der Waals surface area contributed by atoms with Gasteiger partial charge < -0.3 is 10.1 Å². The Labute approximate surface area is 146 Å². The monoisotopic (exact) mass is 360 g/mol. The summed E-state index contributed by atoms with van der Waals surface area (Å²) in [5, 5.41) is 10.6. The number of hydrogen-bond acceptors (Lipinski definition) is 5. The van der Waals surface area contributed by atoms with E-state index in [0.29, 0.717) is 5.69 Å². The quantitative estimate of drug-likeness (QED) is 0.645. The van der Waals surface area contributed by atoms with Crippen molar-refractivity contribution in [1.29, 1.82) is 0 Å². The molecule has 0 bridgehead atoms. The molecular formula is C17H20N4O3S. The zero-order valence-corrected chi connectivity index (χ0v) is 15.1. The summed E-state index contributed by atoms with van der Waals surface area (Å²) in [7, 11) is -3.72. The number of aryl methyl sites for hydroxylation is 1. The van der Waals surface area contributed by atoms with Crippen molar-refractivity contribution in [1.82, 2.24) is 19.7 Å². The minimum atomic E-state index is -3.72. The summed E-state index contributed by atoms with van der Waals surface area (Å²) in [6, 6.07) is 6.99. The molecule has 25 heavy (non-hydrogen) atoms. The van der Waals surface area contributed by atoms with Crippen molar-refractivity contribution < 1.29 is 13.5 Å². The lowest BCUT2D eigenvalue weighted by Gasteiger charge is -2.17. The largest absolute Gasteiger partial charge is 0.389 e. The molecule has 0 saturated heterocycles. The van der Waals surface area contributed by atoms with Crippen molar-refractivity contribution in [2.75, 3.05) is 6.54 Å². The lowest BCUT2D eigenvalue weighted by Crippen LogP contribution is -2.38. The van der Waals surface area contributed by atoms with Gasteiger partial charge in [-0.3, -0.25) is 4.98 Å². The average Bonchev–Trinajstić information content (AvgIpc) is 2.93. The number of fused-ring (bicyclic) bond motifs is 1. The van der Waals surface area contributed by atoms with Gasteiger partial charge in [-0.05, 0) is 45.0 Å². The Morgan fingerprint density at radius 3 is 2.64 bits per heavy atom. The first kappa shape index (κ1) is 17.5. The first-order valence-corrected chi connectivity index (χ1v) is 9.27. The van der Waals surface area contributed by atoms with E-state index in [-0.39, 0.29) is 11.4 Å². The normalized spacial score (nSPS) is 12.6. The summed E-state index contributed by atoms with van der Waals surface area (Å²) < 4.78 is 26.9. The van der Waals surface area contributed by atoms with E-state index in [9.17, 15) is 13.5 Å². The fourth-order valence-electron chi connectivity index (χ4n) is 2.44. The second-order valence-corrected chi connectivity index (χ2v) is 8.36. The number of H-pyrrole nitrogens is 1. The van der Waals surface area contributed by atoms with Gasteiger partial charge in [0.15, 0.2) is 0 Å². The maximum Gasteiger partial charge on any atom is 0.242 e. The molecule has 3 N–H and O–H groups in total. The van der Waals surface area contributed by atoms with E-state index in [1.807, 2.05) is 19.1 Å². The van der Waals surface area contributed by atoms with Crippen molar-refractivity contribution in [2.24, 2.45) is 0 Å². The van der Waals surface area contributed by atoms with Crippen LogP contribution < -0.4 is 4.72 Å². The highest BCUT2D eigenvalue weighted by atomic mass is 32.2. The summed E-state index contributed by atoms with van der Waals surface area (Å²) in [6.07, 6.45) is 3.00. The van der Waals surface area contributed by atoms with Crippen LogP contribution in [0.2, 0.25) is 0 Å². The molecule has 132 valence electrons. The van der Waals surface area contributed by atoms with E-state index in [2.05, 4.69) is 19.7 Å². The Morgan fingerprint density at radius 1 is 1.24 bits per heavy atom. The second kappa shape index (κ2) is 6.21. The van der Waals surface area contributed by atoms with Crippen LogP contribution in [0.3, 0.4) is 0 Å². The number of sulfonamides is 1. The average molecular weight is 360 g/mol. The van der Waals surface area contributed by atoms with E-state index in [4.69, 9.17) is 0 Å². The third kappa shape index (κ3) is 3.87. The van der Waals surface area contributed by atoms with Gasteiger partial charge in [0.05, 0.1) is 11.3 Å². The number of rotatable bonds is 5. The lowest BCUT2D eigenvalue weighted by molar-refractivity contribution is 0.0857. The number of pyridine rings is 2. The van der Waals surface area contributed by atoms with Crippen LogP contribution >= 0.6 is 0 Å². The molecule has 0 radical (unpaired) electrons. The maximum absolute atomic E-state index is 12.3. The molecule has 0 saturated carbocycles. The smallest absolute Gasteiger partial charge is 0.242 e. The molecule has 0 fully saturated rings. The molecule has 3 heterocycles. The standard InChI is InChI=1S/C17H20N4O3S/c1-11-8-14-13(6-7-18-16(14)21-11)15-5-4-12(9-19-15)25(23,24)20-10-17(2,3)22/h4-9,20,22H,10H2,1-3H3,(H,18,21). The van der Waals surface area contributed by atoms with Crippen molar-refractivity contribution in [3.05, 3.63) is 42.4 Å². The van der Waals surface area contributed by atoms with E-state index in [1.165, 1.54) is 26.1 Å². The predicted octanol–water partition coefficient (Wildman–Crippen LogP) is 1.98. The summed E-state index contributed by atoms with van der Waals surface area (Å²) >= 11 is 0. The first-order chi connectivity index (χ1) is 11.7. The number of nitrogens with one attached hydrogen (secondary N) is 2. The highest BCUT2D eigenvalue weighted by Crippen LogP contribution is 2.27. The third-order valence-electron chi connectivity index (χ3n) is 3.68. The molecule has 8 heteroatoms. The molecule has 0 aliphatic heterocycles. The van der Waals surface area contributed by atoms with Gasteiger partial charge >= 0.3 is 0 Å². The first-order valence-electron chi connectivity index (χ1n) is 7.78. The van der Waals surface area contributed by atoms with Crippen molar-refractivity contribution in [3.8, 4) is 11.3 Å². The Balaban J connectivity index is 1.92. The number of hydrogen-bond donors (Lipinski definition) is 3. The van der Waals surface area contributed by atoms with Gasteiger partial charge in [0.2, 0.25) is 10.0 Å². The highest BCUT2D eigenvalue weighted by Gasteiger charge is 2.20. The molecule has 0 aliphatic rings. The zero-order chi connectivity index (χ0) is 18.2. The summed E-state index contributed by atoms with van der Waals surface area (Å²) in [6.45, 7) is 4.93. The van der Waals surface area contributed by atoms with Crippen LogP contribution in [0.15, 0.2) is 41.6 Å². The van der Waals surface area contributed by atoms with Gasteiger partial charge in [-0.1, -0.05) is 0 Å². The summed E-state index contributed by atoms with van der Waals surface area (Å²) in [4.78, 5) is 11.8. The van der Waals surface area contributed by atoms with Gasteiger partial charge in [-0.15, -0.1) is 0 Å². The molecule has 0 aromatic carbocycles. The fourth-order valence-corrected chi connectivity index (χ4v) is 3.58.